The van der Waals surface area contributed by atoms with Gasteiger partial charge in [0.15, 0.2) is 0 Å². The van der Waals surface area contributed by atoms with Crippen molar-refractivity contribution in [2.75, 3.05) is 0 Å². The van der Waals surface area contributed by atoms with Gasteiger partial charge in [-0.3, -0.25) is 0 Å². The minimum absolute atomic E-state index is 0.793. The van der Waals surface area contributed by atoms with Gasteiger partial charge in [-0.25, -0.2) is 0 Å². The van der Waals surface area contributed by atoms with E-state index in [1.807, 2.05) is 0 Å². The molecular formula is C13H10BrI. The molecule has 0 saturated heterocycles. The Hall–Kier alpha value is 0.170. The summed E-state index contributed by atoms with van der Waals surface area (Å²) in [5.41, 5.74) is 3.25. The summed E-state index contributed by atoms with van der Waals surface area (Å²) >= 11 is 6.33. The van der Waals surface area contributed by atoms with Crippen LogP contribution >= 0.6 is 38.5 Å². The Morgan fingerprint density at radius 2 is 1.67 bits per heavy atom. The number of halogens is 2. The Morgan fingerprint density at radius 1 is 1.07 bits per heavy atom. The summed E-state index contributed by atoms with van der Waals surface area (Å²) in [6.45, 7) is 0. The molecule has 0 aromatic heterocycles. The highest BCUT2D eigenvalue weighted by molar-refractivity contribution is 14.1. The van der Waals surface area contributed by atoms with Gasteiger partial charge in [0, 0.05) is 8.06 Å². The maximum Gasteiger partial charge on any atom is 0.00838 e. The van der Waals surface area contributed by atoms with Crippen LogP contribution in [0.2, 0.25) is 0 Å². The normalized spacial score (nSPS) is 40.1. The molecule has 4 rings (SSSR count). The number of fused-ring (bicyclic) bond motifs is 8. The third kappa shape index (κ3) is 0.943. The standard InChI is InChI=1S/C13H10BrI/c14-12-8-5-9(13(12)15)11-7-4-2-1-3-6(7)10(8)11/h1-4,8-11H,5H2/t8-,9+,10-,11+/m1/s1. The molecule has 3 aliphatic rings. The first-order valence-electron chi connectivity index (χ1n) is 5.43. The maximum absolute atomic E-state index is 3.79. The van der Waals surface area contributed by atoms with Crippen LogP contribution in [-0.2, 0) is 0 Å². The summed E-state index contributed by atoms with van der Waals surface area (Å²) in [5, 5.41) is 0. The zero-order valence-corrected chi connectivity index (χ0v) is 11.8. The van der Waals surface area contributed by atoms with E-state index in [0.717, 1.165) is 23.7 Å². The van der Waals surface area contributed by atoms with Crippen LogP contribution in [0.15, 0.2) is 32.3 Å². The van der Waals surface area contributed by atoms with E-state index in [1.165, 1.54) is 10.9 Å². The molecule has 0 heterocycles. The molecule has 2 heteroatoms. The molecule has 2 bridgehead atoms. The van der Waals surface area contributed by atoms with Gasteiger partial charge in [0.1, 0.15) is 0 Å². The van der Waals surface area contributed by atoms with Gasteiger partial charge in [-0.15, -0.1) is 0 Å². The highest BCUT2D eigenvalue weighted by Crippen LogP contribution is 2.70. The molecule has 1 aromatic carbocycles. The molecule has 0 amide bonds. The van der Waals surface area contributed by atoms with Crippen molar-refractivity contribution in [3.05, 3.63) is 43.5 Å². The predicted molar refractivity (Wildman–Crippen MR) is 73.5 cm³/mol. The van der Waals surface area contributed by atoms with Crippen molar-refractivity contribution >= 4 is 38.5 Å². The average Bonchev–Trinajstić information content (AvgIpc) is 2.70. The van der Waals surface area contributed by atoms with Crippen molar-refractivity contribution in [3.8, 4) is 0 Å². The molecule has 3 aliphatic carbocycles. The fourth-order valence-corrected chi connectivity index (χ4v) is 5.59. The second-order valence-electron chi connectivity index (χ2n) is 4.83. The van der Waals surface area contributed by atoms with Gasteiger partial charge >= 0.3 is 0 Å². The van der Waals surface area contributed by atoms with E-state index in [9.17, 15) is 0 Å². The van der Waals surface area contributed by atoms with Crippen molar-refractivity contribution in [2.45, 2.75) is 18.3 Å². The smallest absolute Gasteiger partial charge is 0.00838 e. The van der Waals surface area contributed by atoms with E-state index >= 15 is 0 Å². The van der Waals surface area contributed by atoms with E-state index < -0.39 is 0 Å². The monoisotopic (exact) mass is 372 g/mol. The van der Waals surface area contributed by atoms with Crippen molar-refractivity contribution in [2.24, 2.45) is 11.8 Å². The Labute approximate surface area is 111 Å². The summed E-state index contributed by atoms with van der Waals surface area (Å²) < 4.78 is 3.09. The Morgan fingerprint density at radius 3 is 2.33 bits per heavy atom. The summed E-state index contributed by atoms with van der Waals surface area (Å²) in [6.07, 6.45) is 1.38. The Balaban J connectivity index is 1.89. The summed E-state index contributed by atoms with van der Waals surface area (Å²) in [6, 6.07) is 9.02. The van der Waals surface area contributed by atoms with Gasteiger partial charge in [-0.1, -0.05) is 40.2 Å². The van der Waals surface area contributed by atoms with Crippen molar-refractivity contribution in [1.82, 2.24) is 0 Å². The topological polar surface area (TPSA) is 0 Å². The molecule has 76 valence electrons. The lowest BCUT2D eigenvalue weighted by molar-refractivity contribution is 0.439. The summed E-state index contributed by atoms with van der Waals surface area (Å²) in [5.74, 6) is 3.30. The number of allylic oxidation sites excluding steroid dienone is 2. The summed E-state index contributed by atoms with van der Waals surface area (Å²) in [4.78, 5) is 0. The Kier molecular flexibility index (Phi) is 1.78. The molecule has 4 atom stereocenters. The SMILES string of the molecule is BrC1=C(I)[C@H]2C[C@@H]1[C@H]1c3ccccc3[C@H]12. The van der Waals surface area contributed by atoms with Crippen LogP contribution in [0.3, 0.4) is 0 Å². The van der Waals surface area contributed by atoms with E-state index in [0.29, 0.717) is 0 Å². The van der Waals surface area contributed by atoms with Crippen LogP contribution in [0.1, 0.15) is 29.4 Å². The van der Waals surface area contributed by atoms with Crippen LogP contribution in [0.5, 0.6) is 0 Å². The fourth-order valence-electron chi connectivity index (χ4n) is 3.79. The summed E-state index contributed by atoms with van der Waals surface area (Å²) in [7, 11) is 0. The minimum Gasteiger partial charge on any atom is -0.0620 e. The van der Waals surface area contributed by atoms with Gasteiger partial charge in [0.2, 0.25) is 0 Å². The molecule has 15 heavy (non-hydrogen) atoms. The molecule has 1 fully saturated rings. The first-order valence-corrected chi connectivity index (χ1v) is 7.30. The second-order valence-corrected chi connectivity index (χ2v) is 6.84. The predicted octanol–water partition coefficient (Wildman–Crippen LogP) is 4.56. The van der Waals surface area contributed by atoms with Crippen molar-refractivity contribution in [1.29, 1.82) is 0 Å². The van der Waals surface area contributed by atoms with Crippen LogP contribution < -0.4 is 0 Å². The van der Waals surface area contributed by atoms with Gasteiger partial charge in [-0.05, 0) is 63.8 Å². The third-order valence-corrected chi connectivity index (χ3v) is 7.49. The number of rotatable bonds is 0. The van der Waals surface area contributed by atoms with E-state index in [2.05, 4.69) is 62.8 Å². The number of benzene rings is 1. The zero-order chi connectivity index (χ0) is 10.2. The molecular weight excluding hydrogens is 363 g/mol. The third-order valence-electron chi connectivity index (χ3n) is 4.36. The van der Waals surface area contributed by atoms with Crippen LogP contribution in [0, 0.1) is 11.8 Å². The van der Waals surface area contributed by atoms with E-state index in [1.54, 1.807) is 14.7 Å². The van der Waals surface area contributed by atoms with E-state index in [-0.39, 0.29) is 0 Å². The quantitative estimate of drug-likeness (QED) is 0.585. The largest absolute Gasteiger partial charge is 0.0620 e. The zero-order valence-electron chi connectivity index (χ0n) is 8.08. The minimum atomic E-state index is 0.793. The van der Waals surface area contributed by atoms with Gasteiger partial charge in [0.25, 0.3) is 0 Å². The van der Waals surface area contributed by atoms with Gasteiger partial charge in [-0.2, -0.15) is 0 Å². The molecule has 0 nitrogen and oxygen atoms in total. The second kappa shape index (κ2) is 2.89. The van der Waals surface area contributed by atoms with Crippen LogP contribution in [0.4, 0.5) is 0 Å². The molecule has 0 aliphatic heterocycles. The number of hydrogen-bond acceptors (Lipinski definition) is 0. The first kappa shape index (κ1) is 9.23. The molecule has 0 N–H and O–H groups in total. The lowest BCUT2D eigenvalue weighted by Crippen LogP contribution is -2.29. The highest BCUT2D eigenvalue weighted by Gasteiger charge is 2.57. The molecule has 0 radical (unpaired) electrons. The van der Waals surface area contributed by atoms with Crippen LogP contribution in [-0.4, -0.2) is 0 Å². The number of hydrogen-bond donors (Lipinski definition) is 0. The molecule has 0 spiro atoms. The van der Waals surface area contributed by atoms with E-state index in [4.69, 9.17) is 0 Å². The highest BCUT2D eigenvalue weighted by atomic mass is 127. The first-order chi connectivity index (χ1) is 7.29. The average molecular weight is 373 g/mol. The van der Waals surface area contributed by atoms with Gasteiger partial charge in [0.05, 0.1) is 0 Å². The van der Waals surface area contributed by atoms with Gasteiger partial charge < -0.3 is 0 Å². The lowest BCUT2D eigenvalue weighted by Gasteiger charge is -2.42. The maximum atomic E-state index is 3.79. The van der Waals surface area contributed by atoms with Crippen molar-refractivity contribution in [3.63, 3.8) is 0 Å². The molecule has 1 aromatic rings. The molecule has 0 unspecified atom stereocenters. The lowest BCUT2D eigenvalue weighted by atomic mass is 9.63. The van der Waals surface area contributed by atoms with Crippen LogP contribution in [0.25, 0.3) is 0 Å². The molecule has 1 saturated carbocycles. The fraction of sp³-hybridized carbons (Fsp3) is 0.385. The Bertz CT molecular complexity index is 448. The van der Waals surface area contributed by atoms with Crippen molar-refractivity contribution < 1.29 is 0 Å².